The van der Waals surface area contributed by atoms with Crippen LogP contribution in [0.1, 0.15) is 31.4 Å². The Morgan fingerprint density at radius 2 is 1.29 bits per heavy atom. The zero-order valence-electron chi connectivity index (χ0n) is 23.9. The van der Waals surface area contributed by atoms with Crippen molar-refractivity contribution < 1.29 is 28.6 Å². The minimum absolute atomic E-state index is 0.143. The van der Waals surface area contributed by atoms with Crippen LogP contribution in [-0.4, -0.2) is 76.5 Å². The summed E-state index contributed by atoms with van der Waals surface area (Å²) in [5.41, 5.74) is 2.85. The van der Waals surface area contributed by atoms with Crippen LogP contribution in [0, 0.1) is 5.92 Å². The van der Waals surface area contributed by atoms with Gasteiger partial charge in [-0.25, -0.2) is 0 Å². The van der Waals surface area contributed by atoms with Gasteiger partial charge in [0.05, 0.1) is 39.6 Å². The molecule has 0 aliphatic carbocycles. The Labute approximate surface area is 242 Å². The van der Waals surface area contributed by atoms with Crippen molar-refractivity contribution >= 4 is 28.9 Å². The lowest BCUT2D eigenvalue weighted by atomic mass is 9.99. The highest BCUT2D eigenvalue weighted by molar-refractivity contribution is 6.20. The number of hydrogen-bond donors (Lipinski definition) is 3. The Balaban J connectivity index is 1.91. The fraction of sp³-hybridized carbons (Fsp3) is 0.406. The third-order valence-electron chi connectivity index (χ3n) is 6.40. The van der Waals surface area contributed by atoms with Crippen LogP contribution >= 0.6 is 0 Å². The van der Waals surface area contributed by atoms with Gasteiger partial charge in [-0.2, -0.15) is 0 Å². The first-order chi connectivity index (χ1) is 20.0. The maximum atomic E-state index is 13.6. The third kappa shape index (κ3) is 11.3. The molecule has 1 aliphatic heterocycles. The molecule has 0 radical (unpaired) electrons. The summed E-state index contributed by atoms with van der Waals surface area (Å²) in [6.45, 7) is 6.50. The molecule has 9 heteroatoms. The molecular weight excluding hydrogens is 522 g/mol. The number of ether oxygens (including phenoxy) is 3. The van der Waals surface area contributed by atoms with Gasteiger partial charge >= 0.3 is 0 Å². The fourth-order valence-corrected chi connectivity index (χ4v) is 4.11. The normalized spacial score (nSPS) is 22.3. The minimum atomic E-state index is -0.739. The molecule has 0 saturated heterocycles. The fourth-order valence-electron chi connectivity index (χ4n) is 4.11. The van der Waals surface area contributed by atoms with E-state index >= 15 is 0 Å². The van der Waals surface area contributed by atoms with Gasteiger partial charge < -0.3 is 30.2 Å². The molecule has 0 spiro atoms. The molecule has 1 aliphatic rings. The molecule has 2 aromatic rings. The molecule has 3 rings (SSSR count). The highest BCUT2D eigenvalue weighted by Gasteiger charge is 2.25. The molecule has 0 unspecified atom stereocenters. The van der Waals surface area contributed by atoms with Gasteiger partial charge in [0, 0.05) is 25.1 Å². The molecule has 220 valence electrons. The van der Waals surface area contributed by atoms with Gasteiger partial charge in [-0.15, -0.1) is 0 Å². The number of allylic oxidation sites excluding steroid dienone is 2. The standard InChI is InChI=1S/C32H41N3O6/c1-24(2)30-32(38)33-16-18-40-20-22-41-21-19-39-17-15-29(36)34-23-27(25-9-5-3-6-10-25)13-14-28(31(37)35-30)26-11-7-4-8-12-26/h3-14,24,30H,15-23H2,1-2H3,(H,33,38)(H,34,36)(H,35,37)/b27-13+,28-14-/t30-/m0/s1. The van der Waals surface area contributed by atoms with Crippen LogP contribution in [0.5, 0.6) is 0 Å². The van der Waals surface area contributed by atoms with Crippen LogP contribution < -0.4 is 16.0 Å². The molecule has 0 bridgehead atoms. The number of hydrogen-bond acceptors (Lipinski definition) is 6. The van der Waals surface area contributed by atoms with Crippen molar-refractivity contribution in [1.82, 2.24) is 16.0 Å². The Kier molecular flexibility index (Phi) is 13.8. The lowest BCUT2D eigenvalue weighted by Gasteiger charge is -2.22. The van der Waals surface area contributed by atoms with Gasteiger partial charge in [0.2, 0.25) is 11.8 Å². The van der Waals surface area contributed by atoms with Crippen LogP contribution in [0.25, 0.3) is 11.1 Å². The van der Waals surface area contributed by atoms with Gasteiger partial charge in [-0.3, -0.25) is 14.4 Å². The molecule has 9 nitrogen and oxygen atoms in total. The van der Waals surface area contributed by atoms with E-state index in [4.69, 9.17) is 14.2 Å². The van der Waals surface area contributed by atoms with Gasteiger partial charge in [0.25, 0.3) is 5.91 Å². The average Bonchev–Trinajstić information content (AvgIpc) is 2.98. The van der Waals surface area contributed by atoms with E-state index < -0.39 is 6.04 Å². The van der Waals surface area contributed by atoms with E-state index in [1.165, 1.54) is 0 Å². The summed E-state index contributed by atoms with van der Waals surface area (Å²) in [4.78, 5) is 39.2. The van der Waals surface area contributed by atoms with E-state index in [1.807, 2.05) is 80.6 Å². The number of rotatable bonds is 3. The van der Waals surface area contributed by atoms with E-state index in [1.54, 1.807) is 6.08 Å². The number of carbonyl (C=O) groups excluding carboxylic acids is 3. The smallest absolute Gasteiger partial charge is 0.252 e. The Bertz CT molecular complexity index is 1160. The molecule has 41 heavy (non-hydrogen) atoms. The van der Waals surface area contributed by atoms with Crippen LogP contribution in [0.3, 0.4) is 0 Å². The summed E-state index contributed by atoms with van der Waals surface area (Å²) in [5, 5.41) is 8.74. The lowest BCUT2D eigenvalue weighted by Crippen LogP contribution is -2.50. The van der Waals surface area contributed by atoms with Crippen LogP contribution in [-0.2, 0) is 28.6 Å². The van der Waals surface area contributed by atoms with E-state index in [2.05, 4.69) is 16.0 Å². The number of nitrogens with one attached hydrogen (secondary N) is 3. The van der Waals surface area contributed by atoms with Gasteiger partial charge in [0.15, 0.2) is 0 Å². The molecule has 3 N–H and O–H groups in total. The van der Waals surface area contributed by atoms with Crippen molar-refractivity contribution in [3.05, 3.63) is 83.9 Å². The summed E-state index contributed by atoms with van der Waals surface area (Å²) >= 11 is 0. The summed E-state index contributed by atoms with van der Waals surface area (Å²) in [6, 6.07) is 18.2. The van der Waals surface area contributed by atoms with Crippen LogP contribution in [0.2, 0.25) is 0 Å². The minimum Gasteiger partial charge on any atom is -0.379 e. The first-order valence-electron chi connectivity index (χ1n) is 14.1. The predicted molar refractivity (Wildman–Crippen MR) is 159 cm³/mol. The second kappa shape index (κ2) is 17.8. The van der Waals surface area contributed by atoms with Gasteiger partial charge in [-0.05, 0) is 28.7 Å². The molecular formula is C32H41N3O6. The highest BCUT2D eigenvalue weighted by atomic mass is 16.5. The van der Waals surface area contributed by atoms with E-state index in [0.29, 0.717) is 50.7 Å². The number of amides is 3. The van der Waals surface area contributed by atoms with Crippen molar-refractivity contribution in [2.24, 2.45) is 5.92 Å². The molecule has 0 saturated carbocycles. The second-order valence-electron chi connectivity index (χ2n) is 9.85. The average molecular weight is 564 g/mol. The van der Waals surface area contributed by atoms with E-state index in [0.717, 1.165) is 11.1 Å². The largest absolute Gasteiger partial charge is 0.379 e. The summed E-state index contributed by atoms with van der Waals surface area (Å²) in [7, 11) is 0. The Hall–Kier alpha value is -3.79. The molecule has 1 atom stereocenters. The second-order valence-corrected chi connectivity index (χ2v) is 9.85. The molecule has 0 fully saturated rings. The zero-order chi connectivity index (χ0) is 29.3. The monoisotopic (exact) mass is 563 g/mol. The highest BCUT2D eigenvalue weighted by Crippen LogP contribution is 2.19. The van der Waals surface area contributed by atoms with Crippen molar-refractivity contribution in [1.29, 1.82) is 0 Å². The lowest BCUT2D eigenvalue weighted by molar-refractivity contribution is -0.128. The maximum Gasteiger partial charge on any atom is 0.252 e. The first-order valence-corrected chi connectivity index (χ1v) is 14.1. The van der Waals surface area contributed by atoms with Crippen molar-refractivity contribution in [3.8, 4) is 0 Å². The zero-order valence-corrected chi connectivity index (χ0v) is 23.9. The summed E-state index contributed by atoms with van der Waals surface area (Å²) in [5.74, 6) is -0.941. The predicted octanol–water partition coefficient (Wildman–Crippen LogP) is 2.98. The topological polar surface area (TPSA) is 115 Å². The summed E-state index contributed by atoms with van der Waals surface area (Å²) in [6.07, 6.45) is 3.79. The molecule has 3 amide bonds. The Morgan fingerprint density at radius 1 is 0.707 bits per heavy atom. The van der Waals surface area contributed by atoms with Gasteiger partial charge in [-0.1, -0.05) is 80.6 Å². The molecule has 0 aromatic heterocycles. The maximum absolute atomic E-state index is 13.6. The van der Waals surface area contributed by atoms with Crippen molar-refractivity contribution in [2.45, 2.75) is 26.3 Å². The van der Waals surface area contributed by atoms with E-state index in [-0.39, 0.29) is 43.2 Å². The number of carbonyl (C=O) groups is 3. The quantitative estimate of drug-likeness (QED) is 0.529. The first kappa shape index (κ1) is 31.7. The number of benzene rings is 2. The van der Waals surface area contributed by atoms with Crippen molar-refractivity contribution in [3.63, 3.8) is 0 Å². The SMILES string of the molecule is CC(C)[C@@H]1NC(=O)/C(c2ccccc2)=C\C=C(\c2ccccc2)CNC(=O)CCOCCOCCOCCNC1=O. The van der Waals surface area contributed by atoms with Crippen molar-refractivity contribution in [2.75, 3.05) is 52.7 Å². The third-order valence-corrected chi connectivity index (χ3v) is 6.40. The van der Waals surface area contributed by atoms with Crippen LogP contribution in [0.15, 0.2) is 72.8 Å². The Morgan fingerprint density at radius 3 is 1.93 bits per heavy atom. The van der Waals surface area contributed by atoms with Crippen LogP contribution in [0.4, 0.5) is 0 Å². The van der Waals surface area contributed by atoms with E-state index in [9.17, 15) is 14.4 Å². The molecule has 1 heterocycles. The van der Waals surface area contributed by atoms with Gasteiger partial charge in [0.1, 0.15) is 6.04 Å². The molecule has 2 aromatic carbocycles. The summed E-state index contributed by atoms with van der Waals surface area (Å²) < 4.78 is 16.5.